The second kappa shape index (κ2) is 8.65. The van der Waals surface area contributed by atoms with Gasteiger partial charge in [0.05, 0.1) is 18.1 Å². The molecular weight excluding hydrogens is 314 g/mol. The zero-order valence-corrected chi connectivity index (χ0v) is 14.5. The van der Waals surface area contributed by atoms with Crippen molar-refractivity contribution >= 4 is 17.5 Å². The summed E-state index contributed by atoms with van der Waals surface area (Å²) >= 11 is 0. The van der Waals surface area contributed by atoms with E-state index in [1.807, 2.05) is 31.2 Å². The number of nitrogens with zero attached hydrogens (tertiary/aromatic N) is 2. The second-order valence-electron chi connectivity index (χ2n) is 5.79. The van der Waals surface area contributed by atoms with E-state index in [9.17, 15) is 9.59 Å². The van der Waals surface area contributed by atoms with Crippen molar-refractivity contribution in [2.45, 2.75) is 20.3 Å². The van der Waals surface area contributed by atoms with Gasteiger partial charge in [-0.05, 0) is 36.2 Å². The van der Waals surface area contributed by atoms with Gasteiger partial charge in [0, 0.05) is 25.7 Å². The number of hydrogen-bond acceptors (Lipinski definition) is 3. The molecule has 0 radical (unpaired) electrons. The molecular formula is C20H21N3O2. The summed E-state index contributed by atoms with van der Waals surface area (Å²) in [5.74, 6) is -0.216. The van der Waals surface area contributed by atoms with E-state index in [1.165, 1.54) is 6.92 Å². The summed E-state index contributed by atoms with van der Waals surface area (Å²) in [6.45, 7) is 4.14. The smallest absolute Gasteiger partial charge is 0.224 e. The Morgan fingerprint density at radius 2 is 1.92 bits per heavy atom. The molecule has 2 aromatic carbocycles. The van der Waals surface area contributed by atoms with Crippen LogP contribution in [0.2, 0.25) is 0 Å². The first kappa shape index (κ1) is 18.2. The van der Waals surface area contributed by atoms with Crippen molar-refractivity contribution in [2.75, 3.05) is 18.0 Å². The number of hydrogen-bond donors (Lipinski definition) is 1. The predicted octanol–water partition coefficient (Wildman–Crippen LogP) is 2.58. The molecule has 0 aliphatic carbocycles. The predicted molar refractivity (Wildman–Crippen MR) is 97.1 cm³/mol. The number of amides is 2. The molecule has 0 bridgehead atoms. The van der Waals surface area contributed by atoms with Gasteiger partial charge in [0.25, 0.3) is 0 Å². The van der Waals surface area contributed by atoms with Crippen LogP contribution in [0.3, 0.4) is 0 Å². The summed E-state index contributed by atoms with van der Waals surface area (Å²) in [5.41, 5.74) is 3.22. The lowest BCUT2D eigenvalue weighted by atomic mass is 10.1. The molecule has 5 nitrogen and oxygen atoms in total. The summed E-state index contributed by atoms with van der Waals surface area (Å²) in [6.07, 6.45) is 0.316. The molecule has 1 N–H and O–H groups in total. The fourth-order valence-corrected chi connectivity index (χ4v) is 2.56. The van der Waals surface area contributed by atoms with Gasteiger partial charge in [0.1, 0.15) is 0 Å². The Labute approximate surface area is 147 Å². The molecule has 0 spiro atoms. The molecule has 2 rings (SSSR count). The van der Waals surface area contributed by atoms with E-state index < -0.39 is 0 Å². The third-order valence-electron chi connectivity index (χ3n) is 3.94. The largest absolute Gasteiger partial charge is 0.354 e. The fraction of sp³-hybridized carbons (Fsp3) is 0.250. The Kier molecular flexibility index (Phi) is 6.30. The van der Waals surface area contributed by atoms with Crippen LogP contribution in [0.15, 0.2) is 48.5 Å². The van der Waals surface area contributed by atoms with E-state index in [4.69, 9.17) is 5.26 Å². The average molecular weight is 335 g/mol. The highest BCUT2D eigenvalue weighted by Gasteiger charge is 2.12. The number of benzene rings is 2. The van der Waals surface area contributed by atoms with E-state index >= 15 is 0 Å². The quantitative estimate of drug-likeness (QED) is 0.882. The van der Waals surface area contributed by atoms with Gasteiger partial charge in [0.2, 0.25) is 11.8 Å². The van der Waals surface area contributed by atoms with Gasteiger partial charge >= 0.3 is 0 Å². The number of nitriles is 1. The van der Waals surface area contributed by atoms with Crippen LogP contribution < -0.4 is 10.2 Å². The number of carbonyl (C=O) groups is 2. The van der Waals surface area contributed by atoms with Crippen molar-refractivity contribution in [1.82, 2.24) is 5.32 Å². The van der Waals surface area contributed by atoms with Gasteiger partial charge in [-0.3, -0.25) is 9.59 Å². The Morgan fingerprint density at radius 3 is 2.60 bits per heavy atom. The van der Waals surface area contributed by atoms with Crippen molar-refractivity contribution in [3.05, 3.63) is 65.2 Å². The zero-order valence-electron chi connectivity index (χ0n) is 14.5. The highest BCUT2D eigenvalue weighted by molar-refractivity contribution is 5.91. The van der Waals surface area contributed by atoms with Crippen LogP contribution in [-0.2, 0) is 16.0 Å². The maximum atomic E-state index is 12.1. The van der Waals surface area contributed by atoms with Crippen molar-refractivity contribution < 1.29 is 9.59 Å². The van der Waals surface area contributed by atoms with Gasteiger partial charge in [-0.15, -0.1) is 0 Å². The van der Waals surface area contributed by atoms with E-state index in [2.05, 4.69) is 11.4 Å². The first-order chi connectivity index (χ1) is 12.0. The van der Waals surface area contributed by atoms with Crippen LogP contribution in [0.4, 0.5) is 5.69 Å². The minimum Gasteiger partial charge on any atom is -0.354 e. The van der Waals surface area contributed by atoms with Crippen molar-refractivity contribution in [1.29, 1.82) is 5.26 Å². The monoisotopic (exact) mass is 335 g/mol. The van der Waals surface area contributed by atoms with Crippen molar-refractivity contribution in [2.24, 2.45) is 0 Å². The van der Waals surface area contributed by atoms with Gasteiger partial charge in [0.15, 0.2) is 0 Å². The SMILES string of the molecule is CC(=O)N(CCNC(=O)Cc1ccccc1C)c1cccc(C#N)c1. The van der Waals surface area contributed by atoms with Gasteiger partial charge < -0.3 is 10.2 Å². The molecule has 0 aliphatic rings. The van der Waals surface area contributed by atoms with Crippen molar-refractivity contribution in [3.8, 4) is 6.07 Å². The van der Waals surface area contributed by atoms with E-state index in [-0.39, 0.29) is 11.8 Å². The van der Waals surface area contributed by atoms with Gasteiger partial charge in [-0.2, -0.15) is 5.26 Å². The first-order valence-corrected chi connectivity index (χ1v) is 8.10. The van der Waals surface area contributed by atoms with Gasteiger partial charge in [-0.1, -0.05) is 30.3 Å². The number of anilines is 1. The maximum Gasteiger partial charge on any atom is 0.224 e. The Bertz CT molecular complexity index is 809. The summed E-state index contributed by atoms with van der Waals surface area (Å²) < 4.78 is 0. The van der Waals surface area contributed by atoms with Gasteiger partial charge in [-0.25, -0.2) is 0 Å². The summed E-state index contributed by atoms with van der Waals surface area (Å²) in [6, 6.07) is 16.7. The van der Waals surface area contributed by atoms with Crippen LogP contribution >= 0.6 is 0 Å². The Hall–Kier alpha value is -3.13. The Morgan fingerprint density at radius 1 is 1.16 bits per heavy atom. The minimum absolute atomic E-state index is 0.0800. The van der Waals surface area contributed by atoms with E-state index in [0.29, 0.717) is 30.8 Å². The molecule has 25 heavy (non-hydrogen) atoms. The van der Waals surface area contributed by atoms with Crippen LogP contribution in [0, 0.1) is 18.3 Å². The van der Waals surface area contributed by atoms with Crippen LogP contribution in [-0.4, -0.2) is 24.9 Å². The number of aryl methyl sites for hydroxylation is 1. The standard InChI is InChI=1S/C20H21N3O2/c1-15-6-3-4-8-18(15)13-20(25)22-10-11-23(16(2)24)19-9-5-7-17(12-19)14-21/h3-9,12H,10-11,13H2,1-2H3,(H,22,25). The second-order valence-corrected chi connectivity index (χ2v) is 5.79. The third-order valence-corrected chi connectivity index (χ3v) is 3.94. The average Bonchev–Trinajstić information content (AvgIpc) is 2.60. The minimum atomic E-state index is -0.136. The lowest BCUT2D eigenvalue weighted by Gasteiger charge is -2.21. The molecule has 0 atom stereocenters. The van der Waals surface area contributed by atoms with Crippen molar-refractivity contribution in [3.63, 3.8) is 0 Å². The normalized spacial score (nSPS) is 9.96. The summed E-state index contributed by atoms with van der Waals surface area (Å²) in [4.78, 5) is 25.5. The number of nitrogens with one attached hydrogen (secondary N) is 1. The number of rotatable bonds is 6. The van der Waals surface area contributed by atoms with Crippen LogP contribution in [0.25, 0.3) is 0 Å². The molecule has 0 heterocycles. The van der Waals surface area contributed by atoms with Crippen LogP contribution in [0.1, 0.15) is 23.6 Å². The molecule has 0 fully saturated rings. The fourth-order valence-electron chi connectivity index (χ4n) is 2.56. The molecule has 2 aromatic rings. The molecule has 128 valence electrons. The Balaban J connectivity index is 1.93. The van der Waals surface area contributed by atoms with E-state index in [0.717, 1.165) is 11.1 Å². The van der Waals surface area contributed by atoms with E-state index in [1.54, 1.807) is 29.2 Å². The third kappa shape index (κ3) is 5.18. The zero-order chi connectivity index (χ0) is 18.2. The molecule has 0 saturated carbocycles. The molecule has 0 aliphatic heterocycles. The molecule has 0 saturated heterocycles. The van der Waals surface area contributed by atoms with Crippen LogP contribution in [0.5, 0.6) is 0 Å². The number of carbonyl (C=O) groups excluding carboxylic acids is 2. The first-order valence-electron chi connectivity index (χ1n) is 8.10. The molecule has 0 aromatic heterocycles. The highest BCUT2D eigenvalue weighted by Crippen LogP contribution is 2.15. The molecule has 2 amide bonds. The molecule has 5 heteroatoms. The maximum absolute atomic E-state index is 12.1. The summed E-state index contributed by atoms with van der Waals surface area (Å²) in [5, 5.41) is 11.8. The lowest BCUT2D eigenvalue weighted by Crippen LogP contribution is -2.38. The summed E-state index contributed by atoms with van der Waals surface area (Å²) in [7, 11) is 0. The molecule has 0 unspecified atom stereocenters. The lowest BCUT2D eigenvalue weighted by molar-refractivity contribution is -0.121. The highest BCUT2D eigenvalue weighted by atomic mass is 16.2. The topological polar surface area (TPSA) is 73.2 Å².